The van der Waals surface area contributed by atoms with Crippen molar-refractivity contribution in [3.8, 4) is 16.9 Å². The number of hydrogen-bond acceptors (Lipinski definition) is 4. The molecule has 4 N–H and O–H groups in total. The number of hydrogen-bond donors (Lipinski definition) is 3. The van der Waals surface area contributed by atoms with Gasteiger partial charge in [0.1, 0.15) is 5.75 Å². The van der Waals surface area contributed by atoms with Crippen molar-refractivity contribution in [2.45, 2.75) is 50.1 Å². The van der Waals surface area contributed by atoms with E-state index in [4.69, 9.17) is 9.88 Å². The molecular weight excluding hydrogens is 494 g/mol. The highest BCUT2D eigenvalue weighted by Crippen LogP contribution is 2.41. The second kappa shape index (κ2) is 12.2. The predicted molar refractivity (Wildman–Crippen MR) is 149 cm³/mol. The second-order valence-corrected chi connectivity index (χ2v) is 10.9. The zero-order chi connectivity index (χ0) is 24.9. The first-order valence-corrected chi connectivity index (χ1v) is 13.7. The minimum absolute atomic E-state index is 0. The molecule has 0 heterocycles. The van der Waals surface area contributed by atoms with Crippen LogP contribution in [0, 0.1) is 0 Å². The third kappa shape index (κ3) is 7.08. The van der Waals surface area contributed by atoms with Crippen LogP contribution >= 0.6 is 12.4 Å². The molecule has 0 aliphatic heterocycles. The molecule has 194 valence electrons. The van der Waals surface area contributed by atoms with Crippen LogP contribution in [-0.4, -0.2) is 28.1 Å². The molecule has 1 aliphatic rings. The summed E-state index contributed by atoms with van der Waals surface area (Å²) in [7, 11) is -2.13. The lowest BCUT2D eigenvalue weighted by molar-refractivity contribution is 0.237. The molecule has 0 bridgehead atoms. The quantitative estimate of drug-likeness (QED) is 0.359. The van der Waals surface area contributed by atoms with Crippen LogP contribution in [0.5, 0.6) is 5.75 Å². The molecule has 4 rings (SSSR count). The van der Waals surface area contributed by atoms with Gasteiger partial charge < -0.3 is 10.1 Å². The van der Waals surface area contributed by atoms with Gasteiger partial charge in [0.15, 0.2) is 0 Å². The van der Waals surface area contributed by atoms with E-state index in [2.05, 4.69) is 71.6 Å². The number of methoxy groups -OCH3 is 1. The Bertz CT molecular complexity index is 1210. The molecule has 0 saturated heterocycles. The lowest BCUT2D eigenvalue weighted by atomic mass is 9.68. The molecule has 1 aliphatic carbocycles. The molecule has 0 spiro atoms. The zero-order valence-electron chi connectivity index (χ0n) is 20.8. The first kappa shape index (κ1) is 28.2. The molecule has 3 aromatic carbocycles. The Hall–Kier alpha value is -2.42. The fourth-order valence-electron chi connectivity index (χ4n) is 5.14. The van der Waals surface area contributed by atoms with Crippen molar-refractivity contribution >= 4 is 22.6 Å². The van der Waals surface area contributed by atoms with E-state index in [1.807, 2.05) is 24.3 Å². The van der Waals surface area contributed by atoms with Gasteiger partial charge in [-0.25, -0.2) is 9.86 Å². The molecule has 8 heteroatoms. The van der Waals surface area contributed by atoms with Crippen LogP contribution in [0.2, 0.25) is 0 Å². The minimum Gasteiger partial charge on any atom is -0.497 e. The Kier molecular flexibility index (Phi) is 9.55. The first-order valence-electron chi connectivity index (χ1n) is 12.1. The Balaban J connectivity index is 0.00000361. The summed E-state index contributed by atoms with van der Waals surface area (Å²) < 4.78 is 31.3. The summed E-state index contributed by atoms with van der Waals surface area (Å²) in [6.45, 7) is 2.48. The molecule has 6 nitrogen and oxygen atoms in total. The molecule has 3 aromatic rings. The summed E-state index contributed by atoms with van der Waals surface area (Å²) in [6.07, 6.45) is 3.58. The third-order valence-corrected chi connectivity index (χ3v) is 7.79. The monoisotopic (exact) mass is 529 g/mol. The highest BCUT2D eigenvalue weighted by Gasteiger charge is 2.38. The molecule has 1 fully saturated rings. The van der Waals surface area contributed by atoms with Gasteiger partial charge in [0, 0.05) is 24.0 Å². The van der Waals surface area contributed by atoms with Gasteiger partial charge in [0.2, 0.25) is 0 Å². The third-order valence-electron chi connectivity index (χ3n) is 7.24. The van der Waals surface area contributed by atoms with E-state index in [0.29, 0.717) is 6.04 Å². The molecule has 36 heavy (non-hydrogen) atoms. The van der Waals surface area contributed by atoms with Crippen molar-refractivity contribution in [1.82, 2.24) is 10.0 Å². The summed E-state index contributed by atoms with van der Waals surface area (Å²) in [5.74, 6) is 0.769. The highest BCUT2D eigenvalue weighted by molar-refractivity contribution is 7.87. The van der Waals surface area contributed by atoms with Crippen LogP contribution in [0.3, 0.4) is 0 Å². The van der Waals surface area contributed by atoms with E-state index >= 15 is 0 Å². The van der Waals surface area contributed by atoms with Crippen LogP contribution in [0.15, 0.2) is 78.9 Å². The average Bonchev–Trinajstić information content (AvgIpc) is 2.88. The van der Waals surface area contributed by atoms with Crippen LogP contribution in [0.1, 0.15) is 49.8 Å². The van der Waals surface area contributed by atoms with E-state index in [1.54, 1.807) is 7.11 Å². The van der Waals surface area contributed by atoms with Gasteiger partial charge >= 0.3 is 0 Å². The van der Waals surface area contributed by atoms with Crippen molar-refractivity contribution < 1.29 is 13.2 Å². The number of halogens is 1. The lowest BCUT2D eigenvalue weighted by Gasteiger charge is -2.41. The van der Waals surface area contributed by atoms with Gasteiger partial charge in [0.05, 0.1) is 7.11 Å². The maximum atomic E-state index is 11.7. The van der Waals surface area contributed by atoms with E-state index < -0.39 is 10.2 Å². The van der Waals surface area contributed by atoms with E-state index in [1.165, 1.54) is 16.7 Å². The van der Waals surface area contributed by atoms with Crippen molar-refractivity contribution in [2.24, 2.45) is 5.14 Å². The van der Waals surface area contributed by atoms with Gasteiger partial charge in [-0.15, -0.1) is 12.4 Å². The summed E-state index contributed by atoms with van der Waals surface area (Å²) in [4.78, 5) is 0. The Morgan fingerprint density at radius 2 is 1.61 bits per heavy atom. The largest absolute Gasteiger partial charge is 0.497 e. The number of rotatable bonds is 9. The van der Waals surface area contributed by atoms with Crippen LogP contribution in [-0.2, 0) is 15.6 Å². The standard InChI is InChI=1S/C28H35N3O3S.ClH/c1-21(22-11-13-24(14-12-22)23-7-4-3-5-8-23)31-26-15-17-28(18-16-26,20-30-35(29,32)33)25-9-6-10-27(19-25)34-2;/h3-14,19,21,26,30-31H,15-18,20H2,1-2H3,(H2,29,32,33);1H. The lowest BCUT2D eigenvalue weighted by Crippen LogP contribution is -2.48. The zero-order valence-corrected chi connectivity index (χ0v) is 22.4. The normalized spacial score (nSPS) is 20.8. The fourth-order valence-corrected chi connectivity index (χ4v) is 5.62. The molecule has 1 unspecified atom stereocenters. The summed E-state index contributed by atoms with van der Waals surface area (Å²) in [5.41, 5.74) is 4.44. The van der Waals surface area contributed by atoms with E-state index in [-0.39, 0.29) is 30.4 Å². The van der Waals surface area contributed by atoms with E-state index in [9.17, 15) is 8.42 Å². The van der Waals surface area contributed by atoms with Crippen LogP contribution in [0.4, 0.5) is 0 Å². The molecule has 0 amide bonds. The smallest absolute Gasteiger partial charge is 0.274 e. The number of nitrogens with one attached hydrogen (secondary N) is 2. The molecular formula is C28H36ClN3O3S. The van der Waals surface area contributed by atoms with Crippen molar-refractivity contribution in [2.75, 3.05) is 13.7 Å². The van der Waals surface area contributed by atoms with Crippen molar-refractivity contribution in [3.63, 3.8) is 0 Å². The van der Waals surface area contributed by atoms with E-state index in [0.717, 1.165) is 37.0 Å². The Labute approximate surface area is 221 Å². The number of nitrogens with two attached hydrogens (primary N) is 1. The summed E-state index contributed by atoms with van der Waals surface area (Å²) in [5, 5.41) is 9.07. The van der Waals surface area contributed by atoms with Crippen LogP contribution in [0.25, 0.3) is 11.1 Å². The average molecular weight is 530 g/mol. The van der Waals surface area contributed by atoms with Gasteiger partial charge in [-0.3, -0.25) is 0 Å². The maximum absolute atomic E-state index is 11.7. The number of benzene rings is 3. The van der Waals surface area contributed by atoms with Crippen LogP contribution < -0.4 is 19.9 Å². The van der Waals surface area contributed by atoms with Gasteiger partial charge in [-0.2, -0.15) is 8.42 Å². The maximum Gasteiger partial charge on any atom is 0.274 e. The van der Waals surface area contributed by atoms with Crippen molar-refractivity contribution in [1.29, 1.82) is 0 Å². The topological polar surface area (TPSA) is 93.4 Å². The molecule has 0 radical (unpaired) electrons. The highest BCUT2D eigenvalue weighted by atomic mass is 35.5. The first-order chi connectivity index (χ1) is 16.8. The SMILES string of the molecule is COc1cccc(C2(CNS(N)(=O)=O)CCC(NC(C)c3ccc(-c4ccccc4)cc3)CC2)c1.Cl. The van der Waals surface area contributed by atoms with Crippen molar-refractivity contribution in [3.05, 3.63) is 90.0 Å². The summed E-state index contributed by atoms with van der Waals surface area (Å²) >= 11 is 0. The van der Waals surface area contributed by atoms with Gasteiger partial charge in [0.25, 0.3) is 10.2 Å². The molecule has 0 aromatic heterocycles. The number of ether oxygens (including phenoxy) is 1. The Morgan fingerprint density at radius 1 is 0.972 bits per heavy atom. The van der Waals surface area contributed by atoms with Gasteiger partial charge in [-0.1, -0.05) is 66.7 Å². The Morgan fingerprint density at radius 3 is 2.22 bits per heavy atom. The minimum atomic E-state index is -3.77. The predicted octanol–water partition coefficient (Wildman–Crippen LogP) is 5.11. The molecule has 1 atom stereocenters. The summed E-state index contributed by atoms with van der Waals surface area (Å²) in [6, 6.07) is 27.6. The molecule has 1 saturated carbocycles. The fraction of sp³-hybridized carbons (Fsp3) is 0.357. The van der Waals surface area contributed by atoms with Gasteiger partial charge in [-0.05, 0) is 67.0 Å². The second-order valence-electron chi connectivity index (χ2n) is 9.53.